The van der Waals surface area contributed by atoms with Gasteiger partial charge >= 0.3 is 5.97 Å². The Morgan fingerprint density at radius 3 is 2.88 bits per heavy atom. The number of fused-ring (bicyclic) bond motifs is 1. The Labute approximate surface area is 192 Å². The number of carbonyl (C=O) groups is 1. The Bertz CT molecular complexity index is 1060. The Morgan fingerprint density at radius 2 is 2.09 bits per heavy atom. The van der Waals surface area contributed by atoms with Crippen LogP contribution in [0.25, 0.3) is 6.08 Å². The highest BCUT2D eigenvalue weighted by atomic mass is 35.5. The number of carboxylic acids is 1. The second-order valence-electron chi connectivity index (χ2n) is 7.81. The molecule has 4 rings (SSSR count). The first kappa shape index (κ1) is 22.2. The summed E-state index contributed by atoms with van der Waals surface area (Å²) in [7, 11) is 0. The summed E-state index contributed by atoms with van der Waals surface area (Å²) >= 11 is 6.25. The van der Waals surface area contributed by atoms with Crippen LogP contribution in [-0.2, 0) is 11.4 Å². The molecular weight excluding hydrogens is 430 g/mol. The van der Waals surface area contributed by atoms with Crippen LogP contribution in [0.15, 0.2) is 53.6 Å². The third-order valence-electron chi connectivity index (χ3n) is 5.39. The van der Waals surface area contributed by atoms with Crippen LogP contribution in [-0.4, -0.2) is 48.8 Å². The van der Waals surface area contributed by atoms with Crippen molar-refractivity contribution in [3.8, 4) is 17.2 Å². The molecule has 0 amide bonds. The molecule has 2 aliphatic heterocycles. The van der Waals surface area contributed by atoms with E-state index in [-0.39, 0.29) is 0 Å². The summed E-state index contributed by atoms with van der Waals surface area (Å²) < 4.78 is 17.4. The summed E-state index contributed by atoms with van der Waals surface area (Å²) in [6.07, 6.45) is 4.68. The highest BCUT2D eigenvalue weighted by Gasteiger charge is 2.20. The van der Waals surface area contributed by atoms with E-state index < -0.39 is 5.97 Å². The van der Waals surface area contributed by atoms with Crippen LogP contribution in [0.2, 0.25) is 5.02 Å². The lowest BCUT2D eigenvalue weighted by atomic mass is 10.0. The zero-order chi connectivity index (χ0) is 22.5. The van der Waals surface area contributed by atoms with E-state index in [4.69, 9.17) is 25.8 Å². The first-order valence-corrected chi connectivity index (χ1v) is 11.0. The lowest BCUT2D eigenvalue weighted by Crippen LogP contribution is -2.34. The van der Waals surface area contributed by atoms with E-state index in [1.165, 1.54) is 0 Å². The molecule has 2 heterocycles. The molecule has 0 bridgehead atoms. The fraction of sp³-hybridized carbons (Fsp3) is 0.320. The van der Waals surface area contributed by atoms with Gasteiger partial charge in [0, 0.05) is 36.8 Å². The van der Waals surface area contributed by atoms with Gasteiger partial charge in [-0.1, -0.05) is 23.7 Å². The van der Waals surface area contributed by atoms with Crippen LogP contribution in [0.1, 0.15) is 24.5 Å². The molecule has 0 saturated carbocycles. The number of benzene rings is 2. The Kier molecular flexibility index (Phi) is 7.02. The van der Waals surface area contributed by atoms with Crippen LogP contribution in [0, 0.1) is 0 Å². The van der Waals surface area contributed by atoms with Gasteiger partial charge in [-0.25, -0.2) is 4.79 Å². The predicted molar refractivity (Wildman–Crippen MR) is 124 cm³/mol. The monoisotopic (exact) mass is 455 g/mol. The third kappa shape index (κ3) is 5.44. The molecule has 2 aromatic rings. The molecule has 7 heteroatoms. The molecule has 0 fully saturated rings. The summed E-state index contributed by atoms with van der Waals surface area (Å²) in [5.74, 6) is 1.33. The third-order valence-corrected chi connectivity index (χ3v) is 5.69. The van der Waals surface area contributed by atoms with Gasteiger partial charge in [0.1, 0.15) is 30.5 Å². The molecule has 0 unspecified atom stereocenters. The van der Waals surface area contributed by atoms with E-state index in [9.17, 15) is 9.90 Å². The summed E-state index contributed by atoms with van der Waals surface area (Å²) in [6, 6.07) is 11.4. The lowest BCUT2D eigenvalue weighted by molar-refractivity contribution is -0.133. The normalized spacial score (nSPS) is 15.8. The van der Waals surface area contributed by atoms with Gasteiger partial charge in [0.15, 0.2) is 0 Å². The zero-order valence-electron chi connectivity index (χ0n) is 18.0. The maximum Gasteiger partial charge on any atom is 0.332 e. The number of ether oxygens (including phenoxy) is 3. The van der Waals surface area contributed by atoms with Crippen LogP contribution in [0.3, 0.4) is 0 Å². The van der Waals surface area contributed by atoms with Gasteiger partial charge in [-0.15, -0.1) is 0 Å². The summed E-state index contributed by atoms with van der Waals surface area (Å²) in [4.78, 5) is 13.4. The van der Waals surface area contributed by atoms with Crippen LogP contribution < -0.4 is 14.2 Å². The minimum absolute atomic E-state index is 0.389. The number of hydrogen-bond donors (Lipinski definition) is 1. The van der Waals surface area contributed by atoms with Crippen LogP contribution in [0.5, 0.6) is 17.2 Å². The number of aliphatic carboxylic acids is 1. The molecule has 32 heavy (non-hydrogen) atoms. The van der Waals surface area contributed by atoms with Gasteiger partial charge in [0.2, 0.25) is 0 Å². The van der Waals surface area contributed by atoms with Crippen LogP contribution >= 0.6 is 11.6 Å². The smallest absolute Gasteiger partial charge is 0.332 e. The summed E-state index contributed by atoms with van der Waals surface area (Å²) in [5, 5.41) is 9.79. The number of nitrogens with zero attached hydrogens (tertiary/aromatic N) is 1. The van der Waals surface area contributed by atoms with E-state index >= 15 is 0 Å². The van der Waals surface area contributed by atoms with Gasteiger partial charge in [0.25, 0.3) is 0 Å². The van der Waals surface area contributed by atoms with Crippen molar-refractivity contribution in [3.63, 3.8) is 0 Å². The van der Waals surface area contributed by atoms with Gasteiger partial charge in [-0.3, -0.25) is 4.90 Å². The summed E-state index contributed by atoms with van der Waals surface area (Å²) in [6.45, 7) is 5.36. The maximum absolute atomic E-state index is 11.2. The van der Waals surface area contributed by atoms with Crippen molar-refractivity contribution in [3.05, 3.63) is 69.8 Å². The van der Waals surface area contributed by atoms with E-state index in [2.05, 4.69) is 11.0 Å². The predicted octanol–water partition coefficient (Wildman–Crippen LogP) is 4.81. The topological polar surface area (TPSA) is 68.2 Å². The van der Waals surface area contributed by atoms with Crippen molar-refractivity contribution < 1.29 is 24.1 Å². The van der Waals surface area contributed by atoms with Gasteiger partial charge in [-0.05, 0) is 54.8 Å². The number of hydrogen-bond acceptors (Lipinski definition) is 5. The Morgan fingerprint density at radius 1 is 1.22 bits per heavy atom. The molecule has 0 aliphatic carbocycles. The summed E-state index contributed by atoms with van der Waals surface area (Å²) in [5.41, 5.74) is 3.54. The van der Waals surface area contributed by atoms with Crippen molar-refractivity contribution in [2.24, 2.45) is 0 Å². The van der Waals surface area contributed by atoms with E-state index in [1.54, 1.807) is 0 Å². The molecule has 2 aliphatic rings. The highest BCUT2D eigenvalue weighted by Crippen LogP contribution is 2.32. The van der Waals surface area contributed by atoms with Crippen molar-refractivity contribution in [1.29, 1.82) is 0 Å². The highest BCUT2D eigenvalue weighted by molar-refractivity contribution is 6.32. The second-order valence-corrected chi connectivity index (χ2v) is 8.22. The van der Waals surface area contributed by atoms with E-state index in [1.807, 2.05) is 49.4 Å². The van der Waals surface area contributed by atoms with E-state index in [0.29, 0.717) is 49.3 Å². The molecule has 6 nitrogen and oxygen atoms in total. The van der Waals surface area contributed by atoms with Crippen molar-refractivity contribution in [2.45, 2.75) is 20.0 Å². The quantitative estimate of drug-likeness (QED) is 0.616. The maximum atomic E-state index is 11.2. The average molecular weight is 456 g/mol. The molecule has 1 N–H and O–H groups in total. The largest absolute Gasteiger partial charge is 0.492 e. The molecule has 0 radical (unpaired) electrons. The first-order chi connectivity index (χ1) is 15.5. The molecule has 168 valence electrons. The number of halogens is 1. The minimum atomic E-state index is -0.839. The standard InChI is InChI=1S/C25H26ClNO5/c1-2-30-23-8-5-17(11-22(23)26)15-31-21-7-6-19-10-18(16-32-24(19)12-21)13-27-9-3-4-20(14-27)25(28)29/h4-8,10-12H,2-3,9,13-16H2,1H3,(H,28,29). The van der Waals surface area contributed by atoms with Crippen molar-refractivity contribution in [2.75, 3.05) is 32.8 Å². The fourth-order valence-electron chi connectivity index (χ4n) is 3.83. The van der Waals surface area contributed by atoms with Crippen LogP contribution in [0.4, 0.5) is 0 Å². The SMILES string of the molecule is CCOc1ccc(COc2ccc3c(c2)OCC(CN2CCC=C(C(=O)O)C2)=C3)cc1Cl. The Hall–Kier alpha value is -2.96. The molecule has 0 aromatic heterocycles. The molecule has 0 atom stereocenters. The van der Waals surface area contributed by atoms with Gasteiger partial charge in [-0.2, -0.15) is 0 Å². The van der Waals surface area contributed by atoms with Crippen molar-refractivity contribution >= 4 is 23.6 Å². The Balaban J connectivity index is 1.36. The molecule has 0 saturated heterocycles. The van der Waals surface area contributed by atoms with Crippen molar-refractivity contribution in [1.82, 2.24) is 4.90 Å². The minimum Gasteiger partial charge on any atom is -0.492 e. The van der Waals surface area contributed by atoms with Gasteiger partial charge in [0.05, 0.1) is 11.6 Å². The molecular formula is C25H26ClNO5. The number of carboxylic acid groups (broad SMARTS) is 1. The number of rotatable bonds is 8. The van der Waals surface area contributed by atoms with Gasteiger partial charge < -0.3 is 19.3 Å². The fourth-order valence-corrected chi connectivity index (χ4v) is 4.09. The average Bonchev–Trinajstić information content (AvgIpc) is 2.79. The molecule has 2 aromatic carbocycles. The second kappa shape index (κ2) is 10.1. The lowest BCUT2D eigenvalue weighted by Gasteiger charge is -2.28. The van der Waals surface area contributed by atoms with E-state index in [0.717, 1.165) is 41.2 Å². The first-order valence-electron chi connectivity index (χ1n) is 10.7. The zero-order valence-corrected chi connectivity index (χ0v) is 18.7. The molecule has 0 spiro atoms.